The second kappa shape index (κ2) is 8.45. The number of nitrogens with two attached hydrogens (primary N) is 1. The standard InChI is InChI=1S/C18H33N3O2/c19-16-5-3-4-15(14-16)18(22)21-10-6-17(7-11-21)23-13-12-20-8-1-2-9-20/h15-17H,1-14,19H2. The Morgan fingerprint density at radius 1 is 1.00 bits per heavy atom. The van der Waals surface area contributed by atoms with Crippen molar-refractivity contribution in [1.29, 1.82) is 0 Å². The van der Waals surface area contributed by atoms with E-state index in [-0.39, 0.29) is 12.0 Å². The molecule has 0 spiro atoms. The van der Waals surface area contributed by atoms with Crippen molar-refractivity contribution in [2.45, 2.75) is 63.5 Å². The topological polar surface area (TPSA) is 58.8 Å². The molecular weight excluding hydrogens is 290 g/mol. The molecule has 0 aromatic rings. The molecule has 0 radical (unpaired) electrons. The molecule has 2 saturated heterocycles. The van der Waals surface area contributed by atoms with Crippen LogP contribution in [0.15, 0.2) is 0 Å². The van der Waals surface area contributed by atoms with E-state index in [1.807, 2.05) is 0 Å². The van der Waals surface area contributed by atoms with Crippen molar-refractivity contribution >= 4 is 5.91 Å². The van der Waals surface area contributed by atoms with E-state index in [9.17, 15) is 4.79 Å². The van der Waals surface area contributed by atoms with Gasteiger partial charge in [0.2, 0.25) is 5.91 Å². The summed E-state index contributed by atoms with van der Waals surface area (Å²) in [4.78, 5) is 17.2. The average Bonchev–Trinajstić information content (AvgIpc) is 3.08. The number of carbonyl (C=O) groups is 1. The molecule has 5 heteroatoms. The highest BCUT2D eigenvalue weighted by Gasteiger charge is 2.31. The van der Waals surface area contributed by atoms with Crippen molar-refractivity contribution in [2.24, 2.45) is 11.7 Å². The molecule has 5 nitrogen and oxygen atoms in total. The Hall–Kier alpha value is -0.650. The lowest BCUT2D eigenvalue weighted by molar-refractivity contribution is -0.139. The minimum Gasteiger partial charge on any atom is -0.377 e. The molecule has 132 valence electrons. The third-order valence-corrected chi connectivity index (χ3v) is 5.78. The van der Waals surface area contributed by atoms with Gasteiger partial charge in [-0.2, -0.15) is 0 Å². The third-order valence-electron chi connectivity index (χ3n) is 5.78. The van der Waals surface area contributed by atoms with Gasteiger partial charge in [-0.15, -0.1) is 0 Å². The number of carbonyl (C=O) groups excluding carboxylic acids is 1. The van der Waals surface area contributed by atoms with Crippen LogP contribution in [0.1, 0.15) is 51.4 Å². The first kappa shape index (κ1) is 17.2. The molecule has 0 aromatic carbocycles. The number of amides is 1. The van der Waals surface area contributed by atoms with Gasteiger partial charge in [0.1, 0.15) is 0 Å². The number of nitrogens with zero attached hydrogens (tertiary/aromatic N) is 2. The summed E-state index contributed by atoms with van der Waals surface area (Å²) in [5.41, 5.74) is 6.03. The van der Waals surface area contributed by atoms with Crippen LogP contribution in [0.2, 0.25) is 0 Å². The summed E-state index contributed by atoms with van der Waals surface area (Å²) in [6, 6.07) is 0.226. The maximum atomic E-state index is 12.6. The highest BCUT2D eigenvalue weighted by molar-refractivity contribution is 5.79. The largest absolute Gasteiger partial charge is 0.377 e. The van der Waals surface area contributed by atoms with Crippen LogP contribution >= 0.6 is 0 Å². The molecule has 3 rings (SSSR count). The average molecular weight is 323 g/mol. The lowest BCUT2D eigenvalue weighted by Gasteiger charge is -2.36. The number of hydrogen-bond donors (Lipinski definition) is 1. The molecule has 2 heterocycles. The third kappa shape index (κ3) is 4.91. The molecule has 1 amide bonds. The summed E-state index contributed by atoms with van der Waals surface area (Å²) in [6.45, 7) is 6.10. The van der Waals surface area contributed by atoms with Crippen molar-refractivity contribution in [3.05, 3.63) is 0 Å². The van der Waals surface area contributed by atoms with E-state index in [0.29, 0.717) is 12.0 Å². The summed E-state index contributed by atoms with van der Waals surface area (Å²) in [5.74, 6) is 0.516. The summed E-state index contributed by atoms with van der Waals surface area (Å²) in [5, 5.41) is 0. The van der Waals surface area contributed by atoms with Gasteiger partial charge in [-0.05, 0) is 58.0 Å². The minimum atomic E-state index is 0.173. The summed E-state index contributed by atoms with van der Waals surface area (Å²) in [6.07, 6.45) is 9.09. The van der Waals surface area contributed by atoms with Gasteiger partial charge in [0.15, 0.2) is 0 Å². The maximum absolute atomic E-state index is 12.6. The van der Waals surface area contributed by atoms with E-state index < -0.39 is 0 Å². The molecule has 2 aliphatic heterocycles. The van der Waals surface area contributed by atoms with Gasteiger partial charge in [-0.3, -0.25) is 4.79 Å². The van der Waals surface area contributed by atoms with E-state index in [1.165, 1.54) is 25.9 Å². The van der Waals surface area contributed by atoms with Crippen LogP contribution in [0.4, 0.5) is 0 Å². The van der Waals surface area contributed by atoms with Gasteiger partial charge < -0.3 is 20.3 Å². The zero-order chi connectivity index (χ0) is 16.1. The Morgan fingerprint density at radius 2 is 1.74 bits per heavy atom. The molecule has 0 bridgehead atoms. The Labute approximate surface area is 140 Å². The molecule has 2 N–H and O–H groups in total. The number of ether oxygens (including phenoxy) is 1. The van der Waals surface area contributed by atoms with Gasteiger partial charge in [0.05, 0.1) is 12.7 Å². The first-order valence-electron chi connectivity index (χ1n) is 9.60. The van der Waals surface area contributed by atoms with Crippen molar-refractivity contribution in [2.75, 3.05) is 39.3 Å². The number of hydrogen-bond acceptors (Lipinski definition) is 4. The van der Waals surface area contributed by atoms with Crippen LogP contribution in [0.25, 0.3) is 0 Å². The van der Waals surface area contributed by atoms with Crippen LogP contribution in [0.5, 0.6) is 0 Å². The van der Waals surface area contributed by atoms with Crippen molar-refractivity contribution in [3.63, 3.8) is 0 Å². The second-order valence-electron chi connectivity index (χ2n) is 7.57. The molecular formula is C18H33N3O2. The number of piperidine rings is 1. The minimum absolute atomic E-state index is 0.173. The zero-order valence-electron chi connectivity index (χ0n) is 14.4. The van der Waals surface area contributed by atoms with E-state index in [1.54, 1.807) is 0 Å². The second-order valence-corrected chi connectivity index (χ2v) is 7.57. The van der Waals surface area contributed by atoms with Crippen LogP contribution in [-0.2, 0) is 9.53 Å². The summed E-state index contributed by atoms with van der Waals surface area (Å²) in [7, 11) is 0. The Morgan fingerprint density at radius 3 is 2.43 bits per heavy atom. The summed E-state index contributed by atoms with van der Waals surface area (Å²) < 4.78 is 6.04. The molecule has 23 heavy (non-hydrogen) atoms. The molecule has 2 unspecified atom stereocenters. The SMILES string of the molecule is NC1CCCC(C(=O)N2CCC(OCCN3CCCC3)CC2)C1. The molecule has 2 atom stereocenters. The zero-order valence-corrected chi connectivity index (χ0v) is 14.4. The molecule has 3 fully saturated rings. The molecule has 1 aliphatic carbocycles. The van der Waals surface area contributed by atoms with Crippen LogP contribution in [-0.4, -0.2) is 67.2 Å². The monoisotopic (exact) mass is 323 g/mol. The fourth-order valence-electron chi connectivity index (χ4n) is 4.31. The van der Waals surface area contributed by atoms with Crippen LogP contribution < -0.4 is 5.73 Å². The Bertz CT molecular complexity index is 376. The normalized spacial score (nSPS) is 30.7. The number of likely N-dealkylation sites (tertiary alicyclic amines) is 2. The Balaban J connectivity index is 1.33. The van der Waals surface area contributed by atoms with Gasteiger partial charge in [0, 0.05) is 31.6 Å². The predicted octanol–water partition coefficient (Wildman–Crippen LogP) is 1.61. The highest BCUT2D eigenvalue weighted by Crippen LogP contribution is 2.26. The van der Waals surface area contributed by atoms with Crippen molar-refractivity contribution in [3.8, 4) is 0 Å². The van der Waals surface area contributed by atoms with Gasteiger partial charge in [-0.1, -0.05) is 6.42 Å². The van der Waals surface area contributed by atoms with E-state index in [4.69, 9.17) is 10.5 Å². The summed E-state index contributed by atoms with van der Waals surface area (Å²) >= 11 is 0. The van der Waals surface area contributed by atoms with E-state index in [0.717, 1.165) is 64.8 Å². The quantitative estimate of drug-likeness (QED) is 0.835. The van der Waals surface area contributed by atoms with Gasteiger partial charge in [0.25, 0.3) is 0 Å². The van der Waals surface area contributed by atoms with Crippen LogP contribution in [0.3, 0.4) is 0 Å². The predicted molar refractivity (Wildman–Crippen MR) is 91.2 cm³/mol. The maximum Gasteiger partial charge on any atom is 0.225 e. The lowest BCUT2D eigenvalue weighted by Crippen LogP contribution is -2.45. The molecule has 1 saturated carbocycles. The molecule has 3 aliphatic rings. The smallest absolute Gasteiger partial charge is 0.225 e. The fraction of sp³-hybridized carbons (Fsp3) is 0.944. The lowest BCUT2D eigenvalue weighted by atomic mass is 9.85. The van der Waals surface area contributed by atoms with E-state index in [2.05, 4.69) is 9.80 Å². The fourth-order valence-corrected chi connectivity index (χ4v) is 4.31. The Kier molecular flexibility index (Phi) is 6.31. The first-order chi connectivity index (χ1) is 11.2. The highest BCUT2D eigenvalue weighted by atomic mass is 16.5. The van der Waals surface area contributed by atoms with Crippen molar-refractivity contribution < 1.29 is 9.53 Å². The van der Waals surface area contributed by atoms with Crippen molar-refractivity contribution in [1.82, 2.24) is 9.80 Å². The number of rotatable bonds is 5. The van der Waals surface area contributed by atoms with E-state index >= 15 is 0 Å². The van der Waals surface area contributed by atoms with Gasteiger partial charge in [-0.25, -0.2) is 0 Å². The van der Waals surface area contributed by atoms with Gasteiger partial charge >= 0.3 is 0 Å². The molecule has 0 aromatic heterocycles. The first-order valence-corrected chi connectivity index (χ1v) is 9.60. The van der Waals surface area contributed by atoms with Crippen LogP contribution in [0, 0.1) is 5.92 Å².